The standard InChI is InChI=1S/C16H20F2O4/c1-15(2,3)22-13(19)16(7-8-16)11-6-5-10(21-14(17)18)9-12(11)20-4/h5-6,9,14H,7-8H2,1-4H3. The minimum absolute atomic E-state index is 0.00408. The molecule has 1 aliphatic rings. The summed E-state index contributed by atoms with van der Waals surface area (Å²) < 4.78 is 39.6. The van der Waals surface area contributed by atoms with Gasteiger partial charge in [0, 0.05) is 11.6 Å². The first-order chi connectivity index (χ1) is 10.2. The molecule has 1 aromatic carbocycles. The molecule has 2 rings (SSSR count). The van der Waals surface area contributed by atoms with Gasteiger partial charge in [0.2, 0.25) is 0 Å². The Morgan fingerprint density at radius 2 is 1.91 bits per heavy atom. The maximum atomic E-state index is 12.4. The molecule has 0 aromatic heterocycles. The van der Waals surface area contributed by atoms with E-state index in [1.807, 2.05) is 0 Å². The van der Waals surface area contributed by atoms with Crippen LogP contribution in [0, 0.1) is 0 Å². The molecule has 0 saturated heterocycles. The highest BCUT2D eigenvalue weighted by Crippen LogP contribution is 2.53. The second kappa shape index (κ2) is 5.74. The quantitative estimate of drug-likeness (QED) is 0.778. The van der Waals surface area contributed by atoms with Crippen LogP contribution in [0.4, 0.5) is 8.78 Å². The maximum Gasteiger partial charge on any atom is 0.387 e. The van der Waals surface area contributed by atoms with Gasteiger partial charge in [-0.15, -0.1) is 0 Å². The monoisotopic (exact) mass is 314 g/mol. The van der Waals surface area contributed by atoms with Crippen LogP contribution in [0.25, 0.3) is 0 Å². The minimum Gasteiger partial charge on any atom is -0.496 e. The summed E-state index contributed by atoms with van der Waals surface area (Å²) in [4.78, 5) is 12.4. The average Bonchev–Trinajstić information content (AvgIpc) is 3.17. The van der Waals surface area contributed by atoms with E-state index in [1.54, 1.807) is 26.8 Å². The van der Waals surface area contributed by atoms with Crippen molar-refractivity contribution in [2.75, 3.05) is 7.11 Å². The molecule has 0 bridgehead atoms. The van der Waals surface area contributed by atoms with Crippen molar-refractivity contribution in [3.8, 4) is 11.5 Å². The highest BCUT2D eigenvalue weighted by atomic mass is 19.3. The molecule has 0 aliphatic heterocycles. The lowest BCUT2D eigenvalue weighted by Gasteiger charge is -2.25. The van der Waals surface area contributed by atoms with Gasteiger partial charge in [0.05, 0.1) is 12.5 Å². The predicted octanol–water partition coefficient (Wildman–Crippen LogP) is 3.67. The first-order valence-corrected chi connectivity index (χ1v) is 7.05. The Kier molecular flexibility index (Phi) is 4.31. The molecule has 22 heavy (non-hydrogen) atoms. The topological polar surface area (TPSA) is 44.8 Å². The van der Waals surface area contributed by atoms with Gasteiger partial charge in [-0.05, 0) is 39.7 Å². The summed E-state index contributed by atoms with van der Waals surface area (Å²) in [7, 11) is 1.43. The largest absolute Gasteiger partial charge is 0.496 e. The Bertz CT molecular complexity index is 560. The van der Waals surface area contributed by atoms with Gasteiger partial charge in [-0.2, -0.15) is 8.78 Å². The van der Waals surface area contributed by atoms with Crippen LogP contribution in [0.2, 0.25) is 0 Å². The molecule has 1 fully saturated rings. The number of carbonyl (C=O) groups excluding carboxylic acids is 1. The van der Waals surface area contributed by atoms with E-state index in [0.29, 0.717) is 24.2 Å². The Morgan fingerprint density at radius 3 is 2.36 bits per heavy atom. The van der Waals surface area contributed by atoms with Gasteiger partial charge in [-0.1, -0.05) is 6.07 Å². The zero-order valence-electron chi connectivity index (χ0n) is 13.1. The van der Waals surface area contributed by atoms with Crippen molar-refractivity contribution < 1.29 is 27.8 Å². The molecule has 0 unspecified atom stereocenters. The highest BCUT2D eigenvalue weighted by Gasteiger charge is 2.55. The fourth-order valence-corrected chi connectivity index (χ4v) is 2.33. The van der Waals surface area contributed by atoms with Crippen molar-refractivity contribution in [3.05, 3.63) is 23.8 Å². The van der Waals surface area contributed by atoms with Gasteiger partial charge >= 0.3 is 12.6 Å². The van der Waals surface area contributed by atoms with Crippen LogP contribution >= 0.6 is 0 Å². The number of hydrogen-bond acceptors (Lipinski definition) is 4. The smallest absolute Gasteiger partial charge is 0.387 e. The molecule has 0 atom stereocenters. The van der Waals surface area contributed by atoms with Crippen molar-refractivity contribution in [2.45, 2.75) is 51.2 Å². The third-order valence-corrected chi connectivity index (χ3v) is 3.45. The van der Waals surface area contributed by atoms with Gasteiger partial charge < -0.3 is 14.2 Å². The molecular weight excluding hydrogens is 294 g/mol. The molecule has 1 aliphatic carbocycles. The number of ether oxygens (including phenoxy) is 3. The molecule has 1 saturated carbocycles. The van der Waals surface area contributed by atoms with Crippen molar-refractivity contribution in [1.82, 2.24) is 0 Å². The minimum atomic E-state index is -2.91. The SMILES string of the molecule is COc1cc(OC(F)F)ccc1C1(C(=O)OC(C)(C)C)CC1. The number of alkyl halides is 2. The molecule has 0 radical (unpaired) electrons. The second-order valence-corrected chi connectivity index (χ2v) is 6.32. The Balaban J connectivity index is 2.29. The van der Waals surface area contributed by atoms with Crippen molar-refractivity contribution in [1.29, 1.82) is 0 Å². The van der Waals surface area contributed by atoms with Crippen LogP contribution in [-0.2, 0) is 14.9 Å². The molecule has 4 nitrogen and oxygen atoms in total. The number of benzene rings is 1. The lowest BCUT2D eigenvalue weighted by atomic mass is 9.94. The molecule has 6 heteroatoms. The lowest BCUT2D eigenvalue weighted by molar-refractivity contribution is -0.158. The zero-order chi connectivity index (χ0) is 16.5. The van der Waals surface area contributed by atoms with E-state index in [9.17, 15) is 13.6 Å². The first-order valence-electron chi connectivity index (χ1n) is 7.05. The molecule has 0 spiro atoms. The number of hydrogen-bond donors (Lipinski definition) is 0. The number of halogens is 2. The number of esters is 1. The van der Waals surface area contributed by atoms with Crippen LogP contribution in [-0.4, -0.2) is 25.3 Å². The van der Waals surface area contributed by atoms with Gasteiger partial charge in [-0.3, -0.25) is 4.79 Å². The maximum absolute atomic E-state index is 12.4. The summed E-state index contributed by atoms with van der Waals surface area (Å²) in [6.07, 6.45) is 1.29. The lowest BCUT2D eigenvalue weighted by Crippen LogP contribution is -2.32. The van der Waals surface area contributed by atoms with E-state index in [1.165, 1.54) is 19.2 Å². The summed E-state index contributed by atoms with van der Waals surface area (Å²) in [5.74, 6) is 0.0259. The van der Waals surface area contributed by atoms with E-state index in [4.69, 9.17) is 9.47 Å². The van der Waals surface area contributed by atoms with Crippen molar-refractivity contribution >= 4 is 5.97 Å². The third kappa shape index (κ3) is 3.48. The van der Waals surface area contributed by atoms with E-state index in [2.05, 4.69) is 4.74 Å². The fraction of sp³-hybridized carbons (Fsp3) is 0.562. The average molecular weight is 314 g/mol. The Morgan fingerprint density at radius 1 is 1.27 bits per heavy atom. The van der Waals surface area contributed by atoms with E-state index in [0.717, 1.165) is 0 Å². The number of methoxy groups -OCH3 is 1. The van der Waals surface area contributed by atoms with Crippen LogP contribution in [0.1, 0.15) is 39.2 Å². The first kappa shape index (κ1) is 16.5. The van der Waals surface area contributed by atoms with Gasteiger partial charge in [0.15, 0.2) is 0 Å². The summed E-state index contributed by atoms with van der Waals surface area (Å²) in [5, 5.41) is 0. The zero-order valence-corrected chi connectivity index (χ0v) is 13.1. The summed E-state index contributed by atoms with van der Waals surface area (Å²) in [6, 6.07) is 4.37. The third-order valence-electron chi connectivity index (χ3n) is 3.45. The second-order valence-electron chi connectivity index (χ2n) is 6.32. The molecule has 122 valence electrons. The van der Waals surface area contributed by atoms with Crippen molar-refractivity contribution in [2.24, 2.45) is 0 Å². The summed E-state index contributed by atoms with van der Waals surface area (Å²) in [6.45, 7) is 2.50. The van der Waals surface area contributed by atoms with E-state index < -0.39 is 17.6 Å². The summed E-state index contributed by atoms with van der Waals surface area (Å²) in [5.41, 5.74) is -0.688. The molecule has 0 amide bonds. The highest BCUT2D eigenvalue weighted by molar-refractivity contribution is 5.88. The Labute approximate surface area is 128 Å². The molecule has 0 N–H and O–H groups in total. The van der Waals surface area contributed by atoms with Gasteiger partial charge in [0.1, 0.15) is 17.1 Å². The Hall–Kier alpha value is -1.85. The van der Waals surface area contributed by atoms with Crippen LogP contribution in [0.5, 0.6) is 11.5 Å². The van der Waals surface area contributed by atoms with Gasteiger partial charge in [0.25, 0.3) is 0 Å². The van der Waals surface area contributed by atoms with Gasteiger partial charge in [-0.25, -0.2) is 0 Å². The molecule has 1 aromatic rings. The number of carbonyl (C=O) groups is 1. The molecular formula is C16H20F2O4. The van der Waals surface area contributed by atoms with Crippen LogP contribution in [0.15, 0.2) is 18.2 Å². The van der Waals surface area contributed by atoms with Crippen LogP contribution in [0.3, 0.4) is 0 Å². The number of rotatable bonds is 5. The van der Waals surface area contributed by atoms with Crippen LogP contribution < -0.4 is 9.47 Å². The predicted molar refractivity (Wildman–Crippen MR) is 76.4 cm³/mol. The fourth-order valence-electron chi connectivity index (χ4n) is 2.33. The summed E-state index contributed by atoms with van der Waals surface area (Å²) >= 11 is 0. The molecule has 0 heterocycles. The van der Waals surface area contributed by atoms with Crippen molar-refractivity contribution in [3.63, 3.8) is 0 Å². The van der Waals surface area contributed by atoms with E-state index in [-0.39, 0.29) is 11.7 Å². The normalized spacial score (nSPS) is 16.3. The van der Waals surface area contributed by atoms with E-state index >= 15 is 0 Å².